The predicted molar refractivity (Wildman–Crippen MR) is 353 cm³/mol. The molecule has 0 saturated heterocycles. The van der Waals surface area contributed by atoms with Crippen molar-refractivity contribution in [2.24, 2.45) is 0 Å². The van der Waals surface area contributed by atoms with Gasteiger partial charge in [0, 0.05) is 19.3 Å². The number of rotatable bonds is 67. The molecule has 0 radical (unpaired) electrons. The van der Waals surface area contributed by atoms with E-state index in [-0.39, 0.29) is 31.1 Å². The maximum Gasteiger partial charge on any atom is 0.306 e. The highest BCUT2D eigenvalue weighted by Gasteiger charge is 2.19. The summed E-state index contributed by atoms with van der Waals surface area (Å²) in [5.74, 6) is -0.880. The van der Waals surface area contributed by atoms with E-state index in [9.17, 15) is 14.4 Å². The Labute approximate surface area is 505 Å². The van der Waals surface area contributed by atoms with Gasteiger partial charge in [0.1, 0.15) is 13.2 Å². The molecule has 0 amide bonds. The molecule has 0 aliphatic rings. The van der Waals surface area contributed by atoms with E-state index in [0.717, 1.165) is 89.9 Å². The molecule has 0 N–H and O–H groups in total. The molecule has 6 heteroatoms. The maximum absolute atomic E-state index is 12.9. The van der Waals surface area contributed by atoms with Gasteiger partial charge < -0.3 is 14.2 Å². The third kappa shape index (κ3) is 68.0. The van der Waals surface area contributed by atoms with E-state index in [1.54, 1.807) is 0 Å². The molecule has 1 atom stereocenters. The molecule has 0 aromatic rings. The molecule has 0 rings (SSSR count). The molecule has 0 heterocycles. The third-order valence-electron chi connectivity index (χ3n) is 16.3. The summed E-state index contributed by atoms with van der Waals surface area (Å²) in [5, 5.41) is 0. The first-order chi connectivity index (χ1) is 40.0. The van der Waals surface area contributed by atoms with Crippen LogP contribution in [-0.4, -0.2) is 37.2 Å². The summed E-state index contributed by atoms with van der Waals surface area (Å²) in [6.45, 7) is 6.61. The Bertz CT molecular complexity index is 1400. The van der Waals surface area contributed by atoms with Gasteiger partial charge in [-0.25, -0.2) is 0 Å². The molecule has 0 bridgehead atoms. The quantitative estimate of drug-likeness (QED) is 0.0261. The Morgan fingerprint density at radius 2 is 0.469 bits per heavy atom. The Morgan fingerprint density at radius 1 is 0.247 bits per heavy atom. The lowest BCUT2D eigenvalue weighted by Gasteiger charge is -2.18. The van der Waals surface area contributed by atoms with Gasteiger partial charge in [-0.2, -0.15) is 0 Å². The zero-order chi connectivity index (χ0) is 58.5. The van der Waals surface area contributed by atoms with Gasteiger partial charge in [0.15, 0.2) is 6.10 Å². The van der Waals surface area contributed by atoms with Gasteiger partial charge in [-0.05, 0) is 77.0 Å². The Kier molecular flexibility index (Phi) is 67.6. The Balaban J connectivity index is 4.10. The lowest BCUT2D eigenvalue weighted by atomic mass is 10.0. The zero-order valence-corrected chi connectivity index (χ0v) is 54.6. The standard InChI is InChI=1S/C75H138O6/c1-4-7-10-13-16-19-22-24-26-28-30-32-33-34-35-36-37-38-39-40-41-42-44-45-47-49-51-53-56-59-62-65-68-74(77)80-71-72(70-79-73(76)67-64-61-58-55-21-18-15-12-9-6-3)81-75(78)69-66-63-60-57-54-52-50-48-46-43-31-29-27-25-23-20-17-14-11-8-5-2/h12,15,23,25,29,31,46,48,72H,4-11,13-14,16-22,24,26-28,30,32-45,47,49-71H2,1-3H3/b15-12-,25-23-,31-29-,48-46-. The van der Waals surface area contributed by atoms with E-state index in [0.29, 0.717) is 19.3 Å². The van der Waals surface area contributed by atoms with Crippen LogP contribution in [0.1, 0.15) is 393 Å². The van der Waals surface area contributed by atoms with Crippen molar-refractivity contribution in [1.29, 1.82) is 0 Å². The molecular weight excluding hydrogens is 997 g/mol. The fraction of sp³-hybridized carbons (Fsp3) is 0.853. The lowest BCUT2D eigenvalue weighted by molar-refractivity contribution is -0.167. The largest absolute Gasteiger partial charge is 0.462 e. The van der Waals surface area contributed by atoms with E-state index in [2.05, 4.69) is 69.4 Å². The topological polar surface area (TPSA) is 78.9 Å². The second-order valence-electron chi connectivity index (χ2n) is 24.5. The van der Waals surface area contributed by atoms with Gasteiger partial charge in [-0.1, -0.05) is 345 Å². The van der Waals surface area contributed by atoms with Crippen molar-refractivity contribution in [1.82, 2.24) is 0 Å². The number of hydrogen-bond acceptors (Lipinski definition) is 6. The summed E-state index contributed by atoms with van der Waals surface area (Å²) in [4.78, 5) is 38.3. The van der Waals surface area contributed by atoms with Crippen molar-refractivity contribution < 1.29 is 28.6 Å². The molecule has 474 valence electrons. The number of hydrogen-bond donors (Lipinski definition) is 0. The number of unbranched alkanes of at least 4 members (excludes halogenated alkanes) is 48. The van der Waals surface area contributed by atoms with Gasteiger partial charge in [0.2, 0.25) is 0 Å². The predicted octanol–water partition coefficient (Wildman–Crippen LogP) is 24.9. The van der Waals surface area contributed by atoms with Crippen LogP contribution in [0.25, 0.3) is 0 Å². The second kappa shape index (κ2) is 69.9. The fourth-order valence-electron chi connectivity index (χ4n) is 10.9. The van der Waals surface area contributed by atoms with Crippen molar-refractivity contribution in [3.05, 3.63) is 48.6 Å². The minimum absolute atomic E-state index is 0.0778. The highest BCUT2D eigenvalue weighted by Crippen LogP contribution is 2.19. The van der Waals surface area contributed by atoms with Gasteiger partial charge in [-0.15, -0.1) is 0 Å². The summed E-state index contributed by atoms with van der Waals surface area (Å²) in [6, 6.07) is 0. The number of carbonyl (C=O) groups is 3. The number of carbonyl (C=O) groups excluding carboxylic acids is 3. The summed E-state index contributed by atoms with van der Waals surface area (Å²) >= 11 is 0. The highest BCUT2D eigenvalue weighted by molar-refractivity contribution is 5.71. The van der Waals surface area contributed by atoms with E-state index >= 15 is 0 Å². The number of allylic oxidation sites excluding steroid dienone is 8. The van der Waals surface area contributed by atoms with Crippen molar-refractivity contribution >= 4 is 17.9 Å². The fourth-order valence-corrected chi connectivity index (χ4v) is 10.9. The van der Waals surface area contributed by atoms with Crippen LogP contribution in [0.5, 0.6) is 0 Å². The normalized spacial score (nSPS) is 12.3. The van der Waals surface area contributed by atoms with Gasteiger partial charge in [0.05, 0.1) is 0 Å². The van der Waals surface area contributed by atoms with Crippen LogP contribution in [0, 0.1) is 0 Å². The number of esters is 3. The van der Waals surface area contributed by atoms with Gasteiger partial charge in [-0.3, -0.25) is 14.4 Å². The average molecular weight is 1140 g/mol. The molecule has 0 fully saturated rings. The van der Waals surface area contributed by atoms with E-state index in [4.69, 9.17) is 14.2 Å². The van der Waals surface area contributed by atoms with Gasteiger partial charge >= 0.3 is 17.9 Å². The maximum atomic E-state index is 12.9. The summed E-state index contributed by atoms with van der Waals surface area (Å²) in [6.07, 6.45) is 88.9. The Morgan fingerprint density at radius 3 is 0.753 bits per heavy atom. The van der Waals surface area contributed by atoms with Crippen LogP contribution in [0.2, 0.25) is 0 Å². The summed E-state index contributed by atoms with van der Waals surface area (Å²) in [7, 11) is 0. The molecule has 0 aliphatic carbocycles. The van der Waals surface area contributed by atoms with Crippen molar-refractivity contribution in [3.8, 4) is 0 Å². The monoisotopic (exact) mass is 1140 g/mol. The van der Waals surface area contributed by atoms with Crippen LogP contribution in [0.15, 0.2) is 48.6 Å². The van der Waals surface area contributed by atoms with Crippen molar-refractivity contribution in [2.75, 3.05) is 13.2 Å². The van der Waals surface area contributed by atoms with E-state index in [1.807, 2.05) is 0 Å². The van der Waals surface area contributed by atoms with Crippen LogP contribution < -0.4 is 0 Å². The first kappa shape index (κ1) is 78.4. The van der Waals surface area contributed by atoms with E-state index < -0.39 is 6.10 Å². The molecule has 0 aromatic carbocycles. The average Bonchev–Trinajstić information content (AvgIpc) is 3.47. The molecule has 6 nitrogen and oxygen atoms in total. The third-order valence-corrected chi connectivity index (χ3v) is 16.3. The van der Waals surface area contributed by atoms with Gasteiger partial charge in [0.25, 0.3) is 0 Å². The Hall–Kier alpha value is -2.63. The minimum atomic E-state index is -0.783. The molecular formula is C75H138O6. The highest BCUT2D eigenvalue weighted by atomic mass is 16.6. The first-order valence-electron chi connectivity index (χ1n) is 36.1. The molecule has 1 unspecified atom stereocenters. The van der Waals surface area contributed by atoms with Crippen LogP contribution in [0.4, 0.5) is 0 Å². The molecule has 0 aromatic heterocycles. The smallest absolute Gasteiger partial charge is 0.306 e. The zero-order valence-electron chi connectivity index (χ0n) is 54.6. The molecule has 0 aliphatic heterocycles. The lowest BCUT2D eigenvalue weighted by Crippen LogP contribution is -2.30. The van der Waals surface area contributed by atoms with E-state index in [1.165, 1.54) is 263 Å². The minimum Gasteiger partial charge on any atom is -0.462 e. The molecule has 0 spiro atoms. The summed E-state index contributed by atoms with van der Waals surface area (Å²) < 4.78 is 16.9. The SMILES string of the molecule is CCC/C=C\CCCCCCCC(=O)OCC(COC(=O)CCCCCCCCCCCCCCCCCCCCCCCCCCCCCCCCCC)OC(=O)CCCCCCCC/C=C\C/C=C\C/C=C\CCCCCCC. The second-order valence-corrected chi connectivity index (χ2v) is 24.5. The summed E-state index contributed by atoms with van der Waals surface area (Å²) in [5.41, 5.74) is 0. The first-order valence-corrected chi connectivity index (χ1v) is 36.1. The molecule has 81 heavy (non-hydrogen) atoms. The van der Waals surface area contributed by atoms with Crippen LogP contribution in [0.3, 0.4) is 0 Å². The molecule has 0 saturated carbocycles. The van der Waals surface area contributed by atoms with Crippen molar-refractivity contribution in [3.63, 3.8) is 0 Å². The van der Waals surface area contributed by atoms with Crippen molar-refractivity contribution in [2.45, 2.75) is 399 Å². The number of ether oxygens (including phenoxy) is 3. The van der Waals surface area contributed by atoms with Crippen LogP contribution in [-0.2, 0) is 28.6 Å². The van der Waals surface area contributed by atoms with Crippen LogP contribution >= 0.6 is 0 Å².